The van der Waals surface area contributed by atoms with Crippen molar-refractivity contribution < 1.29 is 27.8 Å². The lowest BCUT2D eigenvalue weighted by Gasteiger charge is -2.14. The van der Waals surface area contributed by atoms with E-state index in [1.165, 1.54) is 19.2 Å². The van der Waals surface area contributed by atoms with Crippen LogP contribution in [0.1, 0.15) is 23.2 Å². The molecule has 138 valence electrons. The highest BCUT2D eigenvalue weighted by atomic mass is 35.5. The van der Waals surface area contributed by atoms with E-state index >= 15 is 0 Å². The molecule has 1 spiro atoms. The van der Waals surface area contributed by atoms with Crippen molar-refractivity contribution in [2.45, 2.75) is 19.5 Å². The summed E-state index contributed by atoms with van der Waals surface area (Å²) in [7, 11) is 1.19. The Kier molecular flexibility index (Phi) is 5.84. The van der Waals surface area contributed by atoms with E-state index in [4.69, 9.17) is 0 Å². The Bertz CT molecular complexity index is 666. The second kappa shape index (κ2) is 7.53. The lowest BCUT2D eigenvalue weighted by Crippen LogP contribution is -2.21. The number of ether oxygens (including phenoxy) is 2. The van der Waals surface area contributed by atoms with Crippen LogP contribution in [0.25, 0.3) is 0 Å². The van der Waals surface area contributed by atoms with Crippen molar-refractivity contribution in [3.05, 3.63) is 23.8 Å². The molecule has 0 bridgehead atoms. The van der Waals surface area contributed by atoms with Gasteiger partial charge in [0.05, 0.1) is 18.4 Å². The number of hydrogen-bond donors (Lipinski definition) is 2. The topological polar surface area (TPSA) is 76.7 Å². The molecular formula is C16H19ClF2N2O4. The van der Waals surface area contributed by atoms with Gasteiger partial charge in [-0.25, -0.2) is 4.79 Å². The van der Waals surface area contributed by atoms with Crippen LogP contribution in [0, 0.1) is 11.3 Å². The summed E-state index contributed by atoms with van der Waals surface area (Å²) in [6.45, 7) is -1.38. The smallest absolute Gasteiger partial charge is 0.387 e. The van der Waals surface area contributed by atoms with Gasteiger partial charge in [0.1, 0.15) is 5.75 Å². The molecule has 2 N–H and O–H groups in total. The zero-order chi connectivity index (χ0) is 17.3. The number of carbonyl (C=O) groups is 2. The van der Waals surface area contributed by atoms with Gasteiger partial charge in [-0.1, -0.05) is 0 Å². The maximum Gasteiger partial charge on any atom is 0.387 e. The van der Waals surface area contributed by atoms with E-state index in [9.17, 15) is 18.4 Å². The summed E-state index contributed by atoms with van der Waals surface area (Å²) in [6, 6.07) is 3.89. The van der Waals surface area contributed by atoms with Gasteiger partial charge in [0.25, 0.3) is 0 Å². The standard InChI is InChI=1S/C16H18F2N2O4.ClH/c1-23-14(22)9-2-3-11(12(6-9)24-15(17)18)20-13(21)10-7-16(10)4-5-19-8-16;/h2-3,6,10,15,19H,4-5,7-8H2,1H3,(H,20,21);1H. The molecule has 2 aliphatic rings. The molecular weight excluding hydrogens is 358 g/mol. The highest BCUT2D eigenvalue weighted by Gasteiger charge is 2.59. The van der Waals surface area contributed by atoms with E-state index < -0.39 is 12.6 Å². The fraction of sp³-hybridized carbons (Fsp3) is 0.500. The molecule has 3 rings (SSSR count). The van der Waals surface area contributed by atoms with E-state index in [0.29, 0.717) is 0 Å². The van der Waals surface area contributed by atoms with Gasteiger partial charge in [0.2, 0.25) is 5.91 Å². The van der Waals surface area contributed by atoms with Crippen LogP contribution in [0.5, 0.6) is 5.75 Å². The fourth-order valence-electron chi connectivity index (χ4n) is 3.24. The van der Waals surface area contributed by atoms with Crippen LogP contribution < -0.4 is 15.4 Å². The SMILES string of the molecule is COC(=O)c1ccc(NC(=O)C2CC23CCNC3)c(OC(F)F)c1.Cl. The van der Waals surface area contributed by atoms with Crippen LogP contribution >= 0.6 is 12.4 Å². The monoisotopic (exact) mass is 376 g/mol. The van der Waals surface area contributed by atoms with Gasteiger partial charge in [-0.3, -0.25) is 4.79 Å². The molecule has 2 fully saturated rings. The minimum atomic E-state index is -3.07. The van der Waals surface area contributed by atoms with Crippen LogP contribution in [0.15, 0.2) is 18.2 Å². The number of carbonyl (C=O) groups excluding carboxylic acids is 2. The lowest BCUT2D eigenvalue weighted by molar-refractivity contribution is -0.118. The number of rotatable bonds is 5. The number of amides is 1. The summed E-state index contributed by atoms with van der Waals surface area (Å²) in [5.41, 5.74) is 0.176. The van der Waals surface area contributed by atoms with E-state index in [1.54, 1.807) is 0 Å². The summed E-state index contributed by atoms with van der Waals surface area (Å²) >= 11 is 0. The zero-order valence-corrected chi connectivity index (χ0v) is 14.3. The highest BCUT2D eigenvalue weighted by Crippen LogP contribution is 2.57. The van der Waals surface area contributed by atoms with Crippen LogP contribution in [-0.4, -0.2) is 38.7 Å². The van der Waals surface area contributed by atoms with Crippen molar-refractivity contribution in [2.75, 3.05) is 25.5 Å². The van der Waals surface area contributed by atoms with Gasteiger partial charge in [0, 0.05) is 12.5 Å². The predicted octanol–water partition coefficient (Wildman–Crippen LogP) is 2.43. The largest absolute Gasteiger partial charge is 0.465 e. The average Bonchev–Trinajstić information content (AvgIpc) is 3.05. The van der Waals surface area contributed by atoms with Gasteiger partial charge < -0.3 is 20.1 Å². The number of methoxy groups -OCH3 is 1. The number of esters is 1. The maximum atomic E-state index is 12.6. The average molecular weight is 377 g/mol. The molecule has 6 nitrogen and oxygen atoms in total. The highest BCUT2D eigenvalue weighted by molar-refractivity contribution is 5.97. The predicted molar refractivity (Wildman–Crippen MR) is 88.3 cm³/mol. The van der Waals surface area contributed by atoms with Gasteiger partial charge in [-0.05, 0) is 43.0 Å². The molecule has 1 aliphatic heterocycles. The molecule has 2 atom stereocenters. The van der Waals surface area contributed by atoms with Crippen LogP contribution in [0.4, 0.5) is 14.5 Å². The Morgan fingerprint density at radius 1 is 1.40 bits per heavy atom. The Morgan fingerprint density at radius 2 is 2.16 bits per heavy atom. The summed E-state index contributed by atoms with van der Waals surface area (Å²) in [4.78, 5) is 23.9. The second-order valence-corrected chi connectivity index (χ2v) is 6.12. The molecule has 0 radical (unpaired) electrons. The van der Waals surface area contributed by atoms with Gasteiger partial charge >= 0.3 is 12.6 Å². The molecule has 1 aliphatic carbocycles. The number of hydrogen-bond acceptors (Lipinski definition) is 5. The van der Waals surface area contributed by atoms with E-state index in [2.05, 4.69) is 20.1 Å². The quantitative estimate of drug-likeness (QED) is 0.772. The van der Waals surface area contributed by atoms with Crippen molar-refractivity contribution in [2.24, 2.45) is 11.3 Å². The summed E-state index contributed by atoms with van der Waals surface area (Å²) in [5, 5.41) is 5.87. The molecule has 1 heterocycles. The molecule has 1 aromatic rings. The number of halogens is 3. The molecule has 25 heavy (non-hydrogen) atoms. The third-order valence-corrected chi connectivity index (χ3v) is 4.66. The summed E-state index contributed by atoms with van der Waals surface area (Å²) in [6.07, 6.45) is 1.73. The van der Waals surface area contributed by atoms with Crippen molar-refractivity contribution in [3.63, 3.8) is 0 Å². The van der Waals surface area contributed by atoms with Crippen molar-refractivity contribution in [1.82, 2.24) is 5.32 Å². The number of benzene rings is 1. The molecule has 1 saturated carbocycles. The molecule has 1 amide bonds. The van der Waals surface area contributed by atoms with Gasteiger partial charge in [0.15, 0.2) is 0 Å². The third kappa shape index (κ3) is 4.01. The molecule has 9 heteroatoms. The molecule has 1 saturated heterocycles. The number of alkyl halides is 2. The van der Waals surface area contributed by atoms with Crippen LogP contribution in [0.2, 0.25) is 0 Å². The minimum absolute atomic E-state index is 0. The summed E-state index contributed by atoms with van der Waals surface area (Å²) in [5.74, 6) is -1.29. The molecule has 1 aromatic carbocycles. The van der Waals surface area contributed by atoms with E-state index in [-0.39, 0.29) is 46.6 Å². The Hall–Kier alpha value is -1.93. The zero-order valence-electron chi connectivity index (χ0n) is 13.5. The first-order chi connectivity index (χ1) is 11.4. The summed E-state index contributed by atoms with van der Waals surface area (Å²) < 4.78 is 34.2. The van der Waals surface area contributed by atoms with E-state index in [0.717, 1.165) is 32.0 Å². The number of nitrogens with one attached hydrogen (secondary N) is 2. The van der Waals surface area contributed by atoms with Crippen molar-refractivity contribution in [3.8, 4) is 5.75 Å². The second-order valence-electron chi connectivity index (χ2n) is 6.12. The van der Waals surface area contributed by atoms with E-state index in [1.807, 2.05) is 0 Å². The van der Waals surface area contributed by atoms with Crippen molar-refractivity contribution in [1.29, 1.82) is 0 Å². The number of anilines is 1. The first-order valence-electron chi connectivity index (χ1n) is 7.64. The Morgan fingerprint density at radius 3 is 2.76 bits per heavy atom. The van der Waals surface area contributed by atoms with Gasteiger partial charge in [-0.15, -0.1) is 12.4 Å². The maximum absolute atomic E-state index is 12.6. The minimum Gasteiger partial charge on any atom is -0.465 e. The van der Waals surface area contributed by atoms with Crippen LogP contribution in [-0.2, 0) is 9.53 Å². The molecule has 0 aromatic heterocycles. The first-order valence-corrected chi connectivity index (χ1v) is 7.64. The van der Waals surface area contributed by atoms with Crippen LogP contribution in [0.3, 0.4) is 0 Å². The Balaban J connectivity index is 0.00000225. The normalized spacial score (nSPS) is 23.9. The third-order valence-electron chi connectivity index (χ3n) is 4.66. The molecule has 2 unspecified atom stereocenters. The van der Waals surface area contributed by atoms with Crippen molar-refractivity contribution >= 4 is 30.0 Å². The Labute approximate surface area is 149 Å². The van der Waals surface area contributed by atoms with Gasteiger partial charge in [-0.2, -0.15) is 8.78 Å². The fourth-order valence-corrected chi connectivity index (χ4v) is 3.24. The lowest BCUT2D eigenvalue weighted by atomic mass is 10.0. The first kappa shape index (κ1) is 19.4.